The lowest BCUT2D eigenvalue weighted by Crippen LogP contribution is -2.22. The van der Waals surface area contributed by atoms with Crippen LogP contribution in [-0.4, -0.2) is 29.2 Å². The molecule has 0 bridgehead atoms. The Hall–Kier alpha value is -1.30. The van der Waals surface area contributed by atoms with Crippen LogP contribution in [0.4, 0.5) is 13.2 Å². The molecule has 94 valence electrons. The second kappa shape index (κ2) is 4.52. The Morgan fingerprint density at radius 2 is 2.29 bits per heavy atom. The monoisotopic (exact) mass is 247 g/mol. The Morgan fingerprint density at radius 3 is 2.88 bits per heavy atom. The largest absolute Gasteiger partial charge is 0.454 e. The predicted octanol–water partition coefficient (Wildman–Crippen LogP) is 2.41. The highest BCUT2D eigenvalue weighted by molar-refractivity contribution is 6.00. The third-order valence-electron chi connectivity index (χ3n) is 2.71. The molecule has 6 heteroatoms. The molecular formula is C11H12F3NO2. The molecule has 2 rings (SSSR count). The van der Waals surface area contributed by atoms with Gasteiger partial charge in [-0.05, 0) is 18.9 Å². The van der Waals surface area contributed by atoms with Crippen LogP contribution in [0.3, 0.4) is 0 Å². The third kappa shape index (κ3) is 2.88. The maximum atomic E-state index is 12.2. The molecule has 1 fully saturated rings. The Kier molecular flexibility index (Phi) is 3.24. The van der Waals surface area contributed by atoms with Gasteiger partial charge in [-0.3, -0.25) is 4.79 Å². The van der Waals surface area contributed by atoms with Crippen LogP contribution < -0.4 is 0 Å². The Morgan fingerprint density at radius 1 is 1.53 bits per heavy atom. The number of hydrogen-bond acceptors (Lipinski definition) is 2. The zero-order valence-electron chi connectivity index (χ0n) is 9.04. The van der Waals surface area contributed by atoms with Crippen molar-refractivity contribution in [1.29, 1.82) is 0 Å². The standard InChI is InChI=1S/C11H12F3NO2/c12-11(13,14)10(16)8-3-4-15(6-8)7-9-2-1-5-17-9/h3-4,6,9H,1-2,5,7H2. The molecule has 1 aromatic rings. The normalized spacial score (nSPS) is 20.8. The summed E-state index contributed by atoms with van der Waals surface area (Å²) in [5.74, 6) is -1.80. The van der Waals surface area contributed by atoms with E-state index in [0.717, 1.165) is 12.8 Å². The predicted molar refractivity (Wildman–Crippen MR) is 53.8 cm³/mol. The van der Waals surface area contributed by atoms with E-state index >= 15 is 0 Å². The minimum absolute atomic E-state index is 0.0382. The summed E-state index contributed by atoms with van der Waals surface area (Å²) in [5, 5.41) is 0. The first-order valence-electron chi connectivity index (χ1n) is 5.36. The quantitative estimate of drug-likeness (QED) is 0.768. The van der Waals surface area contributed by atoms with E-state index < -0.39 is 12.0 Å². The maximum Gasteiger partial charge on any atom is 0.454 e. The molecule has 17 heavy (non-hydrogen) atoms. The first kappa shape index (κ1) is 12.2. The summed E-state index contributed by atoms with van der Waals surface area (Å²) >= 11 is 0. The molecule has 1 aliphatic rings. The second-order valence-electron chi connectivity index (χ2n) is 4.06. The van der Waals surface area contributed by atoms with E-state index in [0.29, 0.717) is 13.2 Å². The van der Waals surface area contributed by atoms with E-state index in [9.17, 15) is 18.0 Å². The number of rotatable bonds is 3. The molecule has 3 nitrogen and oxygen atoms in total. The summed E-state index contributed by atoms with van der Waals surface area (Å²) in [6, 6.07) is 1.19. The molecule has 1 atom stereocenters. The highest BCUT2D eigenvalue weighted by atomic mass is 19.4. The summed E-state index contributed by atoms with van der Waals surface area (Å²) in [5.41, 5.74) is -0.324. The number of alkyl halides is 3. The van der Waals surface area contributed by atoms with Crippen molar-refractivity contribution in [3.8, 4) is 0 Å². The molecule has 2 heterocycles. The fourth-order valence-corrected chi connectivity index (χ4v) is 1.88. The van der Waals surface area contributed by atoms with Crippen LogP contribution in [0, 0.1) is 0 Å². The van der Waals surface area contributed by atoms with Gasteiger partial charge in [-0.1, -0.05) is 0 Å². The molecule has 0 amide bonds. The van der Waals surface area contributed by atoms with E-state index in [1.165, 1.54) is 18.5 Å². The lowest BCUT2D eigenvalue weighted by atomic mass is 10.2. The highest BCUT2D eigenvalue weighted by Gasteiger charge is 2.39. The van der Waals surface area contributed by atoms with E-state index in [1.54, 1.807) is 4.57 Å². The molecule has 0 aliphatic carbocycles. The molecule has 1 saturated heterocycles. The molecule has 0 radical (unpaired) electrons. The van der Waals surface area contributed by atoms with E-state index in [4.69, 9.17) is 4.74 Å². The molecule has 1 unspecified atom stereocenters. The number of Topliss-reactive ketones (excluding diaryl/α,β-unsaturated/α-hetero) is 1. The van der Waals surface area contributed by atoms with Crippen molar-refractivity contribution in [1.82, 2.24) is 4.57 Å². The zero-order chi connectivity index (χ0) is 12.5. The van der Waals surface area contributed by atoms with Crippen molar-refractivity contribution >= 4 is 5.78 Å². The van der Waals surface area contributed by atoms with Crippen LogP contribution in [0.5, 0.6) is 0 Å². The van der Waals surface area contributed by atoms with Gasteiger partial charge in [0, 0.05) is 31.1 Å². The number of ketones is 1. The minimum atomic E-state index is -4.81. The number of carbonyl (C=O) groups excluding carboxylic acids is 1. The van der Waals surface area contributed by atoms with Crippen LogP contribution in [0.1, 0.15) is 23.2 Å². The van der Waals surface area contributed by atoms with Gasteiger partial charge in [0.05, 0.1) is 6.10 Å². The average molecular weight is 247 g/mol. The van der Waals surface area contributed by atoms with Gasteiger partial charge in [0.2, 0.25) is 0 Å². The van der Waals surface area contributed by atoms with Crippen molar-refractivity contribution in [2.75, 3.05) is 6.61 Å². The van der Waals surface area contributed by atoms with Crippen LogP contribution in [0.2, 0.25) is 0 Å². The van der Waals surface area contributed by atoms with Crippen molar-refractivity contribution in [2.24, 2.45) is 0 Å². The highest BCUT2D eigenvalue weighted by Crippen LogP contribution is 2.22. The van der Waals surface area contributed by atoms with Crippen LogP contribution in [0.25, 0.3) is 0 Å². The number of carbonyl (C=O) groups is 1. The third-order valence-corrected chi connectivity index (χ3v) is 2.71. The minimum Gasteiger partial charge on any atom is -0.376 e. The number of ether oxygens (including phenoxy) is 1. The van der Waals surface area contributed by atoms with Gasteiger partial charge in [-0.15, -0.1) is 0 Å². The molecule has 0 spiro atoms. The molecule has 0 N–H and O–H groups in total. The Balaban J connectivity index is 2.02. The van der Waals surface area contributed by atoms with E-state index in [-0.39, 0.29) is 11.7 Å². The Labute approximate surface area is 96.2 Å². The van der Waals surface area contributed by atoms with Gasteiger partial charge in [0.25, 0.3) is 5.78 Å². The van der Waals surface area contributed by atoms with Crippen LogP contribution in [-0.2, 0) is 11.3 Å². The van der Waals surface area contributed by atoms with Gasteiger partial charge in [-0.2, -0.15) is 13.2 Å². The number of halogens is 3. The summed E-state index contributed by atoms with van der Waals surface area (Å²) in [7, 11) is 0. The van der Waals surface area contributed by atoms with Crippen molar-refractivity contribution in [3.05, 3.63) is 24.0 Å². The second-order valence-corrected chi connectivity index (χ2v) is 4.06. The summed E-state index contributed by atoms with van der Waals surface area (Å²) in [6.45, 7) is 1.19. The topological polar surface area (TPSA) is 31.2 Å². The summed E-state index contributed by atoms with van der Waals surface area (Å²) < 4.78 is 43.4. The van der Waals surface area contributed by atoms with Gasteiger partial charge < -0.3 is 9.30 Å². The molecule has 0 saturated carbocycles. The van der Waals surface area contributed by atoms with Crippen molar-refractivity contribution in [3.63, 3.8) is 0 Å². The van der Waals surface area contributed by atoms with Gasteiger partial charge in [0.1, 0.15) is 0 Å². The molecule has 1 aromatic heterocycles. The van der Waals surface area contributed by atoms with Gasteiger partial charge >= 0.3 is 6.18 Å². The number of nitrogens with zero attached hydrogens (tertiary/aromatic N) is 1. The van der Waals surface area contributed by atoms with Gasteiger partial charge in [0.15, 0.2) is 0 Å². The maximum absolute atomic E-state index is 12.2. The van der Waals surface area contributed by atoms with Gasteiger partial charge in [-0.25, -0.2) is 0 Å². The van der Waals surface area contributed by atoms with E-state index in [1.807, 2.05) is 0 Å². The smallest absolute Gasteiger partial charge is 0.376 e. The van der Waals surface area contributed by atoms with Crippen LogP contribution >= 0.6 is 0 Å². The average Bonchev–Trinajstić information content (AvgIpc) is 2.87. The molecule has 1 aliphatic heterocycles. The molecule has 0 aromatic carbocycles. The van der Waals surface area contributed by atoms with Crippen LogP contribution in [0.15, 0.2) is 18.5 Å². The number of aromatic nitrogens is 1. The fraction of sp³-hybridized carbons (Fsp3) is 0.545. The lowest BCUT2D eigenvalue weighted by molar-refractivity contribution is -0.0885. The summed E-state index contributed by atoms with van der Waals surface area (Å²) in [4.78, 5) is 10.9. The summed E-state index contributed by atoms with van der Waals surface area (Å²) in [6.07, 6.45) is -0.203. The molecular weight excluding hydrogens is 235 g/mol. The SMILES string of the molecule is O=C(c1ccn(CC2CCCO2)c1)C(F)(F)F. The lowest BCUT2D eigenvalue weighted by Gasteiger charge is -2.09. The zero-order valence-corrected chi connectivity index (χ0v) is 9.04. The van der Waals surface area contributed by atoms with E-state index in [2.05, 4.69) is 0 Å². The van der Waals surface area contributed by atoms with Crippen molar-refractivity contribution < 1.29 is 22.7 Å². The number of hydrogen-bond donors (Lipinski definition) is 0. The Bertz CT molecular complexity index is 405. The first-order valence-corrected chi connectivity index (χ1v) is 5.36. The first-order chi connectivity index (χ1) is 7.97. The van der Waals surface area contributed by atoms with Crippen molar-refractivity contribution in [2.45, 2.75) is 31.7 Å². The fourth-order valence-electron chi connectivity index (χ4n) is 1.88.